The molecule has 0 radical (unpaired) electrons. The van der Waals surface area contributed by atoms with Crippen LogP contribution in [0, 0.1) is 6.92 Å². The van der Waals surface area contributed by atoms with Crippen molar-refractivity contribution in [3.8, 4) is 0 Å². The van der Waals surface area contributed by atoms with Crippen LogP contribution in [0.1, 0.15) is 28.0 Å². The molecule has 9 heteroatoms. The van der Waals surface area contributed by atoms with Gasteiger partial charge in [-0.2, -0.15) is 5.10 Å². The van der Waals surface area contributed by atoms with Gasteiger partial charge in [-0.05, 0) is 18.6 Å². The topological polar surface area (TPSA) is 115 Å². The average molecular weight is 354 g/mol. The van der Waals surface area contributed by atoms with E-state index in [0.29, 0.717) is 6.54 Å². The highest BCUT2D eigenvalue weighted by atomic mass is 16.4. The first-order valence-corrected chi connectivity index (χ1v) is 8.01. The fourth-order valence-corrected chi connectivity index (χ4v) is 2.29. The van der Waals surface area contributed by atoms with E-state index in [1.807, 2.05) is 31.2 Å². The fourth-order valence-electron chi connectivity index (χ4n) is 2.29. The second-order valence-electron chi connectivity index (χ2n) is 5.81. The Balaban J connectivity index is 1.59. The summed E-state index contributed by atoms with van der Waals surface area (Å²) in [6.45, 7) is 2.77. The highest BCUT2D eigenvalue weighted by Gasteiger charge is 2.13. The third-order valence-electron chi connectivity index (χ3n) is 3.66. The number of aromatic nitrogens is 5. The molecule has 2 N–H and O–H groups in total. The summed E-state index contributed by atoms with van der Waals surface area (Å²) in [6, 6.07) is 9.59. The lowest BCUT2D eigenvalue weighted by Crippen LogP contribution is -2.15. The molecule has 9 nitrogen and oxygen atoms in total. The minimum absolute atomic E-state index is 0.0618. The summed E-state index contributed by atoms with van der Waals surface area (Å²) in [5, 5.41) is 19.5. The third kappa shape index (κ3) is 4.53. The number of amides is 1. The van der Waals surface area contributed by atoms with Crippen LogP contribution in [-0.2, 0) is 17.9 Å². The van der Waals surface area contributed by atoms with Crippen molar-refractivity contribution in [3.05, 3.63) is 59.7 Å². The summed E-state index contributed by atoms with van der Waals surface area (Å²) in [5.74, 6) is -1.19. The Bertz CT molecular complexity index is 913. The number of nitrogens with zero attached hydrogens (tertiary/aromatic N) is 5. The number of rotatable bonds is 7. The van der Waals surface area contributed by atoms with Gasteiger partial charge in [0.05, 0.1) is 19.5 Å². The Morgan fingerprint density at radius 2 is 1.88 bits per heavy atom. The molecule has 2 aromatic heterocycles. The lowest BCUT2D eigenvalue weighted by molar-refractivity contribution is -0.137. The highest BCUT2D eigenvalue weighted by molar-refractivity contribution is 6.01. The van der Waals surface area contributed by atoms with E-state index in [2.05, 4.69) is 20.5 Å². The first kappa shape index (κ1) is 17.3. The maximum atomic E-state index is 12.2. The summed E-state index contributed by atoms with van der Waals surface area (Å²) in [6.07, 6.45) is 3.04. The lowest BCUT2D eigenvalue weighted by atomic mass is 10.1. The minimum Gasteiger partial charge on any atom is -0.481 e. The molecule has 0 aliphatic heterocycles. The largest absolute Gasteiger partial charge is 0.481 e. The van der Waals surface area contributed by atoms with Crippen LogP contribution in [0.5, 0.6) is 0 Å². The molecule has 0 saturated carbocycles. The van der Waals surface area contributed by atoms with Crippen LogP contribution in [0.2, 0.25) is 0 Å². The second kappa shape index (κ2) is 7.60. The van der Waals surface area contributed by atoms with Gasteiger partial charge in [0.2, 0.25) is 5.95 Å². The van der Waals surface area contributed by atoms with Crippen LogP contribution in [0.25, 0.3) is 0 Å². The normalized spacial score (nSPS) is 10.7. The number of benzene rings is 1. The monoisotopic (exact) mass is 354 g/mol. The number of hydrogen-bond acceptors (Lipinski definition) is 5. The van der Waals surface area contributed by atoms with Gasteiger partial charge in [0, 0.05) is 6.20 Å². The summed E-state index contributed by atoms with van der Waals surface area (Å²) in [4.78, 5) is 26.8. The van der Waals surface area contributed by atoms with Crippen LogP contribution in [0.3, 0.4) is 0 Å². The third-order valence-corrected chi connectivity index (χ3v) is 3.66. The zero-order valence-electron chi connectivity index (χ0n) is 14.2. The molecule has 0 bridgehead atoms. The average Bonchev–Trinajstić information content (AvgIpc) is 3.24. The van der Waals surface area contributed by atoms with E-state index in [1.165, 1.54) is 16.3 Å². The highest BCUT2D eigenvalue weighted by Crippen LogP contribution is 2.07. The first-order valence-electron chi connectivity index (χ1n) is 8.01. The maximum Gasteiger partial charge on any atom is 0.305 e. The lowest BCUT2D eigenvalue weighted by Gasteiger charge is -2.01. The molecule has 0 spiro atoms. The first-order chi connectivity index (χ1) is 12.5. The van der Waals surface area contributed by atoms with Crippen molar-refractivity contribution in [1.29, 1.82) is 0 Å². The molecule has 1 amide bonds. The molecule has 0 atom stereocenters. The van der Waals surface area contributed by atoms with Crippen LogP contribution in [0.4, 0.5) is 5.95 Å². The molecule has 1 aromatic carbocycles. The molecule has 0 fully saturated rings. The standard InChI is InChI=1S/C17H18N6O3/c1-12-2-4-13(5-3-12)10-23-11-18-17(21-23)19-16(26)14-6-8-22(20-14)9-7-15(24)25/h2-6,8,11H,7,9-10H2,1H3,(H,24,25)(H,19,21,26). The van der Waals surface area contributed by atoms with Crippen molar-refractivity contribution in [1.82, 2.24) is 24.5 Å². The molecule has 3 aromatic rings. The summed E-state index contributed by atoms with van der Waals surface area (Å²) >= 11 is 0. The van der Waals surface area contributed by atoms with E-state index in [9.17, 15) is 9.59 Å². The SMILES string of the molecule is Cc1ccc(Cn2cnc(NC(=O)c3ccn(CCC(=O)O)n3)n2)cc1. The molecule has 2 heterocycles. The summed E-state index contributed by atoms with van der Waals surface area (Å²) < 4.78 is 3.04. The molecular weight excluding hydrogens is 336 g/mol. The van der Waals surface area contributed by atoms with Crippen molar-refractivity contribution >= 4 is 17.8 Å². The van der Waals surface area contributed by atoms with E-state index in [-0.39, 0.29) is 24.6 Å². The van der Waals surface area contributed by atoms with E-state index in [0.717, 1.165) is 5.56 Å². The Kier molecular flexibility index (Phi) is 5.07. The predicted octanol–water partition coefficient (Wildman–Crippen LogP) is 1.56. The Labute approximate surface area is 149 Å². The fraction of sp³-hybridized carbons (Fsp3) is 0.235. The number of hydrogen-bond donors (Lipinski definition) is 2. The zero-order chi connectivity index (χ0) is 18.5. The Morgan fingerprint density at radius 1 is 1.12 bits per heavy atom. The summed E-state index contributed by atoms with van der Waals surface area (Å²) in [7, 11) is 0. The number of carboxylic acids is 1. The van der Waals surface area contributed by atoms with Gasteiger partial charge in [0.15, 0.2) is 5.69 Å². The molecule has 134 valence electrons. The van der Waals surface area contributed by atoms with Crippen LogP contribution < -0.4 is 5.32 Å². The molecule has 0 aliphatic rings. The van der Waals surface area contributed by atoms with Gasteiger partial charge in [-0.1, -0.05) is 29.8 Å². The number of anilines is 1. The molecule has 26 heavy (non-hydrogen) atoms. The molecule has 0 aliphatic carbocycles. The van der Waals surface area contributed by atoms with E-state index in [1.54, 1.807) is 17.2 Å². The van der Waals surface area contributed by atoms with Crippen molar-refractivity contribution in [2.75, 3.05) is 5.32 Å². The number of carbonyl (C=O) groups excluding carboxylic acids is 1. The molecule has 0 unspecified atom stereocenters. The van der Waals surface area contributed by atoms with Gasteiger partial charge >= 0.3 is 5.97 Å². The van der Waals surface area contributed by atoms with Gasteiger partial charge in [0.25, 0.3) is 5.91 Å². The Morgan fingerprint density at radius 3 is 2.62 bits per heavy atom. The van der Waals surface area contributed by atoms with Crippen molar-refractivity contribution < 1.29 is 14.7 Å². The van der Waals surface area contributed by atoms with Crippen molar-refractivity contribution in [3.63, 3.8) is 0 Å². The smallest absolute Gasteiger partial charge is 0.305 e. The molecule has 0 saturated heterocycles. The van der Waals surface area contributed by atoms with Gasteiger partial charge < -0.3 is 5.11 Å². The number of aryl methyl sites for hydroxylation is 2. The van der Waals surface area contributed by atoms with Gasteiger partial charge in [0.1, 0.15) is 6.33 Å². The number of carbonyl (C=O) groups is 2. The van der Waals surface area contributed by atoms with E-state index < -0.39 is 11.9 Å². The van der Waals surface area contributed by atoms with Gasteiger partial charge in [-0.15, -0.1) is 5.10 Å². The van der Waals surface area contributed by atoms with Crippen LogP contribution >= 0.6 is 0 Å². The van der Waals surface area contributed by atoms with E-state index >= 15 is 0 Å². The molecular formula is C17H18N6O3. The number of aliphatic carboxylic acids is 1. The minimum atomic E-state index is -0.921. The van der Waals surface area contributed by atoms with Gasteiger partial charge in [-0.25, -0.2) is 9.67 Å². The van der Waals surface area contributed by atoms with Crippen molar-refractivity contribution in [2.45, 2.75) is 26.4 Å². The van der Waals surface area contributed by atoms with E-state index in [4.69, 9.17) is 5.11 Å². The zero-order valence-corrected chi connectivity index (χ0v) is 14.2. The maximum absolute atomic E-state index is 12.2. The van der Waals surface area contributed by atoms with Crippen LogP contribution in [0.15, 0.2) is 42.9 Å². The number of carboxylic acid groups (broad SMARTS) is 1. The summed E-state index contributed by atoms with van der Waals surface area (Å²) in [5.41, 5.74) is 2.43. The number of nitrogens with one attached hydrogen (secondary N) is 1. The molecule has 3 rings (SSSR count). The van der Waals surface area contributed by atoms with Crippen LogP contribution in [-0.4, -0.2) is 41.5 Å². The Hall–Kier alpha value is -3.49. The predicted molar refractivity (Wildman–Crippen MR) is 92.7 cm³/mol. The van der Waals surface area contributed by atoms with Gasteiger partial charge in [-0.3, -0.25) is 19.6 Å². The second-order valence-corrected chi connectivity index (χ2v) is 5.81. The van der Waals surface area contributed by atoms with Crippen molar-refractivity contribution in [2.24, 2.45) is 0 Å². The quantitative estimate of drug-likeness (QED) is 0.665.